The summed E-state index contributed by atoms with van der Waals surface area (Å²) in [4.78, 5) is 14.8. The third-order valence-corrected chi connectivity index (χ3v) is 3.18. The second-order valence-electron chi connectivity index (χ2n) is 4.52. The van der Waals surface area contributed by atoms with E-state index in [-0.39, 0.29) is 12.7 Å². The molecule has 2 heterocycles. The van der Waals surface area contributed by atoms with Gasteiger partial charge in [-0.25, -0.2) is 13.6 Å². The van der Waals surface area contributed by atoms with Gasteiger partial charge in [0.2, 0.25) is 0 Å². The number of hydrogen-bond donors (Lipinski definition) is 2. The molecule has 1 aromatic rings. The van der Waals surface area contributed by atoms with Crippen LogP contribution in [0.15, 0.2) is 34.8 Å². The minimum atomic E-state index is -4.92. The quantitative estimate of drug-likeness (QED) is 0.796. The molecule has 1 fully saturated rings. The Morgan fingerprint density at radius 3 is 2.43 bits per heavy atom. The van der Waals surface area contributed by atoms with E-state index in [1.54, 1.807) is 0 Å². The smallest absolute Gasteiger partial charge is 0.393 e. The highest BCUT2D eigenvalue weighted by Crippen LogP contribution is 2.39. The Morgan fingerprint density at radius 1 is 1.35 bits per heavy atom. The van der Waals surface area contributed by atoms with Crippen LogP contribution < -0.4 is 11.4 Å². The maximum absolute atomic E-state index is 13.0. The van der Waals surface area contributed by atoms with Crippen LogP contribution in [0.2, 0.25) is 0 Å². The van der Waals surface area contributed by atoms with Crippen molar-refractivity contribution >= 4 is 5.82 Å². The molecule has 2 atom stereocenters. The molecule has 23 heavy (non-hydrogen) atoms. The molecule has 11 heteroatoms. The van der Waals surface area contributed by atoms with Crippen LogP contribution in [0, 0.1) is 0 Å². The van der Waals surface area contributed by atoms with Crippen LogP contribution >= 0.6 is 0 Å². The molecule has 2 unspecified atom stereocenters. The van der Waals surface area contributed by atoms with Crippen LogP contribution in [0.3, 0.4) is 0 Å². The number of aromatic nitrogens is 2. The lowest BCUT2D eigenvalue weighted by Gasteiger charge is -2.17. The Labute approximate surface area is 125 Å². The van der Waals surface area contributed by atoms with Gasteiger partial charge in [0.15, 0.2) is 6.23 Å². The van der Waals surface area contributed by atoms with Gasteiger partial charge < -0.3 is 15.6 Å². The molecule has 3 N–H and O–H groups in total. The van der Waals surface area contributed by atoms with Gasteiger partial charge >= 0.3 is 11.9 Å². The average molecular weight is 339 g/mol. The summed E-state index contributed by atoms with van der Waals surface area (Å²) in [6.45, 7) is -0.771. The predicted molar refractivity (Wildman–Crippen MR) is 67.3 cm³/mol. The molecule has 0 aliphatic carbocycles. The number of nitrogens with zero attached hydrogens (tertiary/aromatic N) is 2. The van der Waals surface area contributed by atoms with Crippen molar-refractivity contribution in [1.29, 1.82) is 0 Å². The van der Waals surface area contributed by atoms with Crippen LogP contribution in [0.4, 0.5) is 27.8 Å². The molecule has 126 valence electrons. The number of rotatable bonds is 2. The molecular weight excluding hydrogens is 329 g/mol. The maximum atomic E-state index is 13.0. The van der Waals surface area contributed by atoms with Gasteiger partial charge in [0.25, 0.3) is 0 Å². The van der Waals surface area contributed by atoms with Crippen LogP contribution in [0.5, 0.6) is 0 Å². The van der Waals surface area contributed by atoms with Gasteiger partial charge in [0, 0.05) is 17.3 Å². The molecular formula is C12H10F5N3O3. The zero-order chi connectivity index (χ0) is 17.4. The summed E-state index contributed by atoms with van der Waals surface area (Å²) < 4.78 is 69.7. The van der Waals surface area contributed by atoms with Crippen molar-refractivity contribution in [1.82, 2.24) is 9.55 Å². The molecule has 0 amide bonds. The first-order valence-electron chi connectivity index (χ1n) is 6.07. The van der Waals surface area contributed by atoms with Crippen LogP contribution in [-0.4, -0.2) is 27.4 Å². The topological polar surface area (TPSA) is 90.4 Å². The number of anilines is 1. The van der Waals surface area contributed by atoms with E-state index < -0.39 is 53.3 Å². The monoisotopic (exact) mass is 339 g/mol. The molecule has 6 nitrogen and oxygen atoms in total. The number of aliphatic hydroxyl groups is 1. The molecule has 0 spiro atoms. The third kappa shape index (κ3) is 2.97. The minimum absolute atomic E-state index is 0.0628. The molecule has 0 bridgehead atoms. The molecule has 2 rings (SSSR count). The van der Waals surface area contributed by atoms with Crippen molar-refractivity contribution < 1.29 is 31.8 Å². The average Bonchev–Trinajstić information content (AvgIpc) is 2.83. The van der Waals surface area contributed by atoms with Crippen LogP contribution in [0.1, 0.15) is 11.8 Å². The van der Waals surface area contributed by atoms with Gasteiger partial charge in [0.05, 0.1) is 19.3 Å². The Bertz CT molecular complexity index is 726. The van der Waals surface area contributed by atoms with E-state index >= 15 is 0 Å². The van der Waals surface area contributed by atoms with E-state index in [1.165, 1.54) is 0 Å². The van der Waals surface area contributed by atoms with Gasteiger partial charge in [-0.3, -0.25) is 4.57 Å². The fourth-order valence-corrected chi connectivity index (χ4v) is 2.11. The highest BCUT2D eigenvalue weighted by molar-refractivity contribution is 5.41. The highest BCUT2D eigenvalue weighted by Gasteiger charge is 2.40. The lowest BCUT2D eigenvalue weighted by Crippen LogP contribution is -2.31. The Hall–Kier alpha value is -2.27. The van der Waals surface area contributed by atoms with Crippen molar-refractivity contribution in [2.45, 2.75) is 18.5 Å². The Kier molecular flexibility index (Phi) is 4.52. The van der Waals surface area contributed by atoms with Gasteiger partial charge in [-0.15, -0.1) is 0 Å². The predicted octanol–water partition coefficient (Wildman–Crippen LogP) is 1.44. The summed E-state index contributed by atoms with van der Waals surface area (Å²) in [5.41, 5.74) is 1.40. The number of nitrogens with two attached hydrogens (primary N) is 1. The molecule has 0 saturated carbocycles. The lowest BCUT2D eigenvalue weighted by atomic mass is 10.1. The molecule has 0 aromatic carbocycles. The SMILES string of the molecule is Nc1nc(=O)n(C2OC(CO)C(=CF)C2=CF)cc1C(F)(F)F. The normalized spacial score (nSPS) is 25.5. The lowest BCUT2D eigenvalue weighted by molar-refractivity contribution is -0.137. The first kappa shape index (κ1) is 17.1. The second kappa shape index (κ2) is 6.08. The van der Waals surface area contributed by atoms with E-state index in [2.05, 4.69) is 4.98 Å². The van der Waals surface area contributed by atoms with Crippen LogP contribution in [0.25, 0.3) is 0 Å². The summed E-state index contributed by atoms with van der Waals surface area (Å²) in [5.74, 6) is -1.05. The van der Waals surface area contributed by atoms with Gasteiger partial charge in [-0.05, 0) is 0 Å². The molecule has 1 aromatic heterocycles. The molecule has 0 radical (unpaired) electrons. The summed E-state index contributed by atoms with van der Waals surface area (Å²) >= 11 is 0. The molecule has 1 saturated heterocycles. The number of nitrogen functional groups attached to an aromatic ring is 1. The van der Waals surface area contributed by atoms with Gasteiger partial charge in [-0.1, -0.05) is 0 Å². The zero-order valence-corrected chi connectivity index (χ0v) is 11.2. The van der Waals surface area contributed by atoms with Crippen molar-refractivity contribution in [3.8, 4) is 0 Å². The summed E-state index contributed by atoms with van der Waals surface area (Å²) in [7, 11) is 0. The van der Waals surface area contributed by atoms with Crippen molar-refractivity contribution in [2.24, 2.45) is 0 Å². The third-order valence-electron chi connectivity index (χ3n) is 3.18. The maximum Gasteiger partial charge on any atom is 0.421 e. The number of ether oxygens (including phenoxy) is 1. The summed E-state index contributed by atoms with van der Waals surface area (Å²) in [6.07, 6.45) is -7.87. The highest BCUT2D eigenvalue weighted by atomic mass is 19.4. The summed E-state index contributed by atoms with van der Waals surface area (Å²) in [5, 5.41) is 9.06. The number of halogens is 5. The van der Waals surface area contributed by atoms with Crippen molar-refractivity contribution in [2.75, 3.05) is 12.3 Å². The number of alkyl halides is 3. The zero-order valence-electron chi connectivity index (χ0n) is 11.2. The van der Waals surface area contributed by atoms with E-state index in [4.69, 9.17) is 15.6 Å². The minimum Gasteiger partial charge on any atom is -0.393 e. The van der Waals surface area contributed by atoms with Crippen molar-refractivity contribution in [3.63, 3.8) is 0 Å². The Balaban J connectivity index is 2.61. The van der Waals surface area contributed by atoms with Crippen molar-refractivity contribution in [3.05, 3.63) is 46.1 Å². The van der Waals surface area contributed by atoms with Crippen LogP contribution in [-0.2, 0) is 10.9 Å². The van der Waals surface area contributed by atoms with E-state index in [0.717, 1.165) is 0 Å². The first-order chi connectivity index (χ1) is 10.7. The second-order valence-corrected chi connectivity index (χ2v) is 4.52. The van der Waals surface area contributed by atoms with Gasteiger partial charge in [0.1, 0.15) is 17.5 Å². The summed E-state index contributed by atoms with van der Waals surface area (Å²) in [6, 6.07) is 0. The largest absolute Gasteiger partial charge is 0.421 e. The fraction of sp³-hybridized carbons (Fsp3) is 0.333. The van der Waals surface area contributed by atoms with E-state index in [0.29, 0.717) is 10.8 Å². The van der Waals surface area contributed by atoms with E-state index in [1.807, 2.05) is 0 Å². The number of aliphatic hydroxyl groups excluding tert-OH is 1. The standard InChI is InChI=1S/C12H10F5N3O3/c13-1-5-6(2-14)10(23-8(5)4-21)20-3-7(12(15,16)17)9(18)19-11(20)22/h1-3,8,10,21H,4H2,(H2,18,19,22). The number of hydrogen-bond acceptors (Lipinski definition) is 5. The molecule has 1 aliphatic rings. The van der Waals surface area contributed by atoms with Gasteiger partial charge in [-0.2, -0.15) is 18.2 Å². The fourth-order valence-electron chi connectivity index (χ4n) is 2.11. The van der Waals surface area contributed by atoms with E-state index in [9.17, 15) is 26.7 Å². The first-order valence-corrected chi connectivity index (χ1v) is 6.07. The molecule has 1 aliphatic heterocycles. The Morgan fingerprint density at radius 2 is 1.96 bits per heavy atom.